The summed E-state index contributed by atoms with van der Waals surface area (Å²) in [5.74, 6) is 1.02. The highest BCUT2D eigenvalue weighted by molar-refractivity contribution is 7.12. The van der Waals surface area contributed by atoms with Gasteiger partial charge in [0.05, 0.1) is 30.1 Å². The van der Waals surface area contributed by atoms with Crippen LogP contribution in [-0.4, -0.2) is 27.6 Å². The molecule has 2 heterocycles. The van der Waals surface area contributed by atoms with Gasteiger partial charge in [0.1, 0.15) is 11.6 Å². The van der Waals surface area contributed by atoms with E-state index in [9.17, 15) is 9.59 Å². The van der Waals surface area contributed by atoms with Gasteiger partial charge in [0.15, 0.2) is 5.13 Å². The van der Waals surface area contributed by atoms with E-state index in [1.54, 1.807) is 55.8 Å². The highest BCUT2D eigenvalue weighted by atomic mass is 32.1. The molecule has 0 spiro atoms. The van der Waals surface area contributed by atoms with Gasteiger partial charge in [-0.2, -0.15) is 0 Å². The number of anilines is 1. The van der Waals surface area contributed by atoms with Crippen LogP contribution in [0.25, 0.3) is 16.0 Å². The fraction of sp³-hybridized carbons (Fsp3) is 0.143. The minimum Gasteiger partial charge on any atom is -0.497 e. The van der Waals surface area contributed by atoms with Gasteiger partial charge in [0.25, 0.3) is 5.56 Å². The number of benzene rings is 2. The topological polar surface area (TPSA) is 86.1 Å². The van der Waals surface area contributed by atoms with Crippen LogP contribution in [0.4, 0.5) is 5.69 Å². The van der Waals surface area contributed by atoms with Crippen molar-refractivity contribution < 1.29 is 9.53 Å². The van der Waals surface area contributed by atoms with E-state index in [0.29, 0.717) is 39.0 Å². The zero-order valence-corrected chi connectivity index (χ0v) is 16.7. The fourth-order valence-corrected chi connectivity index (χ4v) is 3.89. The van der Waals surface area contributed by atoms with Crippen LogP contribution < -0.4 is 15.6 Å². The van der Waals surface area contributed by atoms with E-state index < -0.39 is 0 Å². The van der Waals surface area contributed by atoms with Crippen molar-refractivity contribution in [2.24, 2.45) is 0 Å². The molecule has 0 saturated carbocycles. The number of ether oxygens (including phenoxy) is 1. The largest absolute Gasteiger partial charge is 0.497 e. The molecule has 0 unspecified atom stereocenters. The number of aryl methyl sites for hydroxylation is 1. The van der Waals surface area contributed by atoms with E-state index in [2.05, 4.69) is 15.3 Å². The lowest BCUT2D eigenvalue weighted by Gasteiger charge is -2.07. The van der Waals surface area contributed by atoms with Crippen LogP contribution in [0, 0.1) is 6.92 Å². The number of para-hydroxylation sites is 1. The normalized spacial score (nSPS) is 10.8. The molecule has 2 aromatic carbocycles. The van der Waals surface area contributed by atoms with Crippen LogP contribution in [0.3, 0.4) is 0 Å². The van der Waals surface area contributed by atoms with Crippen molar-refractivity contribution in [3.8, 4) is 10.9 Å². The Balaban J connectivity index is 1.56. The molecule has 0 atom stereocenters. The van der Waals surface area contributed by atoms with E-state index in [4.69, 9.17) is 4.74 Å². The summed E-state index contributed by atoms with van der Waals surface area (Å²) in [5, 5.41) is 5.63. The molecule has 0 saturated heterocycles. The molecule has 0 aliphatic carbocycles. The van der Waals surface area contributed by atoms with Crippen LogP contribution in [0.1, 0.15) is 11.5 Å². The Hall–Kier alpha value is -3.52. The maximum absolute atomic E-state index is 12.9. The number of carbonyl (C=O) groups excluding carboxylic acids is 1. The number of fused-ring (bicyclic) bond motifs is 1. The van der Waals surface area contributed by atoms with E-state index in [1.165, 1.54) is 15.9 Å². The second-order valence-electron chi connectivity index (χ2n) is 6.40. The van der Waals surface area contributed by atoms with Crippen LogP contribution in [0.2, 0.25) is 0 Å². The lowest BCUT2D eigenvalue weighted by Crippen LogP contribution is -2.22. The smallest absolute Gasteiger partial charge is 0.267 e. The number of thiazole rings is 1. The average Bonchev–Trinajstić information content (AvgIpc) is 3.15. The minimum atomic E-state index is -0.198. The lowest BCUT2D eigenvalue weighted by molar-refractivity contribution is -0.115. The Morgan fingerprint density at radius 3 is 2.83 bits per heavy atom. The molecule has 0 aliphatic rings. The van der Waals surface area contributed by atoms with Crippen molar-refractivity contribution in [3.05, 3.63) is 75.8 Å². The Morgan fingerprint density at radius 2 is 2.00 bits per heavy atom. The molecule has 0 bridgehead atoms. The third kappa shape index (κ3) is 3.88. The maximum atomic E-state index is 12.9. The number of hydrogen-bond acceptors (Lipinski definition) is 6. The van der Waals surface area contributed by atoms with Crippen molar-refractivity contribution in [1.29, 1.82) is 0 Å². The van der Waals surface area contributed by atoms with Gasteiger partial charge in [-0.15, -0.1) is 11.3 Å². The van der Waals surface area contributed by atoms with Gasteiger partial charge in [-0.1, -0.05) is 18.2 Å². The zero-order valence-electron chi connectivity index (χ0n) is 15.9. The molecule has 4 aromatic rings. The molecular formula is C21H18N4O3S. The van der Waals surface area contributed by atoms with Crippen LogP contribution in [0.5, 0.6) is 5.75 Å². The summed E-state index contributed by atoms with van der Waals surface area (Å²) in [6, 6.07) is 14.4. The van der Waals surface area contributed by atoms with Crippen molar-refractivity contribution in [2.45, 2.75) is 13.3 Å². The number of aromatic nitrogens is 3. The summed E-state index contributed by atoms with van der Waals surface area (Å²) in [7, 11) is 1.57. The highest BCUT2D eigenvalue weighted by Gasteiger charge is 2.14. The van der Waals surface area contributed by atoms with E-state index >= 15 is 0 Å². The fourth-order valence-electron chi connectivity index (χ4n) is 3.02. The molecule has 1 amide bonds. The predicted molar refractivity (Wildman–Crippen MR) is 113 cm³/mol. The SMILES string of the molecule is COc1cccc(NC(=O)Cc2csc(-n3c(C)nc4ccccc4c3=O)n2)c1. The molecule has 0 radical (unpaired) electrons. The maximum Gasteiger partial charge on any atom is 0.267 e. The van der Waals surface area contributed by atoms with Crippen LogP contribution in [0.15, 0.2) is 58.7 Å². The van der Waals surface area contributed by atoms with Gasteiger partial charge in [0, 0.05) is 17.1 Å². The number of rotatable bonds is 5. The Bertz CT molecular complexity index is 1260. The highest BCUT2D eigenvalue weighted by Crippen LogP contribution is 2.19. The molecule has 146 valence electrons. The Labute approximate surface area is 170 Å². The number of amides is 1. The monoisotopic (exact) mass is 406 g/mol. The van der Waals surface area contributed by atoms with E-state index in [-0.39, 0.29) is 17.9 Å². The molecular weight excluding hydrogens is 388 g/mol. The summed E-state index contributed by atoms with van der Waals surface area (Å²) in [6.45, 7) is 1.77. The standard InChI is InChI=1S/C21H18N4O3S/c1-13-22-18-9-4-3-8-17(18)20(27)25(13)21-24-15(12-29-21)11-19(26)23-14-6-5-7-16(10-14)28-2/h3-10,12H,11H2,1-2H3,(H,23,26). The quantitative estimate of drug-likeness (QED) is 0.549. The molecule has 8 heteroatoms. The van der Waals surface area contributed by atoms with Crippen LogP contribution >= 0.6 is 11.3 Å². The summed E-state index contributed by atoms with van der Waals surface area (Å²) in [4.78, 5) is 34.2. The van der Waals surface area contributed by atoms with Gasteiger partial charge in [-0.05, 0) is 31.2 Å². The zero-order chi connectivity index (χ0) is 20.4. The second-order valence-corrected chi connectivity index (χ2v) is 7.23. The predicted octanol–water partition coefficient (Wildman–Crippen LogP) is 3.34. The van der Waals surface area contributed by atoms with Gasteiger partial charge >= 0.3 is 0 Å². The van der Waals surface area contributed by atoms with Crippen molar-refractivity contribution in [2.75, 3.05) is 12.4 Å². The second kappa shape index (κ2) is 7.84. The molecule has 2 aromatic heterocycles. The lowest BCUT2D eigenvalue weighted by atomic mass is 10.2. The van der Waals surface area contributed by atoms with Gasteiger partial charge in [-0.25, -0.2) is 14.5 Å². The van der Waals surface area contributed by atoms with Crippen LogP contribution in [-0.2, 0) is 11.2 Å². The molecule has 1 N–H and O–H groups in total. The van der Waals surface area contributed by atoms with Gasteiger partial charge in [-0.3, -0.25) is 9.59 Å². The summed E-state index contributed by atoms with van der Waals surface area (Å²) in [6.07, 6.45) is 0.0997. The van der Waals surface area contributed by atoms with Crippen molar-refractivity contribution in [3.63, 3.8) is 0 Å². The molecule has 0 aliphatic heterocycles. The van der Waals surface area contributed by atoms with E-state index in [1.807, 2.05) is 12.1 Å². The van der Waals surface area contributed by atoms with Gasteiger partial charge in [0.2, 0.25) is 5.91 Å². The number of nitrogens with zero attached hydrogens (tertiary/aromatic N) is 3. The number of methoxy groups -OCH3 is 1. The minimum absolute atomic E-state index is 0.0997. The number of nitrogens with one attached hydrogen (secondary N) is 1. The summed E-state index contributed by atoms with van der Waals surface area (Å²) >= 11 is 1.31. The molecule has 7 nitrogen and oxygen atoms in total. The van der Waals surface area contributed by atoms with Crippen molar-refractivity contribution in [1.82, 2.24) is 14.5 Å². The summed E-state index contributed by atoms with van der Waals surface area (Å²) in [5.41, 5.74) is 1.72. The third-order valence-electron chi connectivity index (χ3n) is 4.37. The van der Waals surface area contributed by atoms with Crippen molar-refractivity contribution >= 4 is 33.8 Å². The first kappa shape index (κ1) is 18.8. The first-order valence-corrected chi connectivity index (χ1v) is 9.80. The Morgan fingerprint density at radius 1 is 1.17 bits per heavy atom. The number of hydrogen-bond donors (Lipinski definition) is 1. The summed E-state index contributed by atoms with van der Waals surface area (Å²) < 4.78 is 6.64. The van der Waals surface area contributed by atoms with E-state index in [0.717, 1.165) is 0 Å². The molecule has 29 heavy (non-hydrogen) atoms. The Kier molecular flexibility index (Phi) is 5.09. The third-order valence-corrected chi connectivity index (χ3v) is 5.24. The molecule has 0 fully saturated rings. The number of carbonyl (C=O) groups is 1. The molecule has 4 rings (SSSR count). The first-order chi connectivity index (χ1) is 14.0. The first-order valence-electron chi connectivity index (χ1n) is 8.92. The average molecular weight is 406 g/mol. The van der Waals surface area contributed by atoms with Gasteiger partial charge < -0.3 is 10.1 Å².